The Labute approximate surface area is 170 Å². The van der Waals surface area contributed by atoms with Gasteiger partial charge >= 0.3 is 0 Å². The van der Waals surface area contributed by atoms with E-state index in [1.54, 1.807) is 6.20 Å². The summed E-state index contributed by atoms with van der Waals surface area (Å²) in [6.07, 6.45) is 7.39. The lowest BCUT2D eigenvalue weighted by atomic mass is 10.0. The van der Waals surface area contributed by atoms with Crippen LogP contribution in [0.2, 0.25) is 0 Å². The Morgan fingerprint density at radius 3 is 2.62 bits per heavy atom. The maximum atomic E-state index is 12.7. The molecule has 0 bridgehead atoms. The monoisotopic (exact) mass is 388 g/mol. The summed E-state index contributed by atoms with van der Waals surface area (Å²) in [7, 11) is 3.96. The highest BCUT2D eigenvalue weighted by Gasteiger charge is 2.28. The summed E-state index contributed by atoms with van der Waals surface area (Å²) in [6.45, 7) is 0. The molecule has 29 heavy (non-hydrogen) atoms. The average molecular weight is 388 g/mol. The fraction of sp³-hybridized carbons (Fsp3) is 0.318. The van der Waals surface area contributed by atoms with Crippen molar-refractivity contribution >= 4 is 11.7 Å². The molecule has 2 aromatic heterocycles. The predicted molar refractivity (Wildman–Crippen MR) is 111 cm³/mol. The first kappa shape index (κ1) is 19.0. The molecule has 1 aliphatic rings. The van der Waals surface area contributed by atoms with Gasteiger partial charge in [-0.05, 0) is 18.4 Å². The quantitative estimate of drug-likeness (QED) is 0.670. The first-order chi connectivity index (χ1) is 14.1. The Kier molecular flexibility index (Phi) is 5.46. The number of aromatic nitrogens is 4. The normalized spacial score (nSPS) is 14.3. The van der Waals surface area contributed by atoms with Gasteiger partial charge in [0.15, 0.2) is 0 Å². The van der Waals surface area contributed by atoms with Gasteiger partial charge in [-0.25, -0.2) is 15.0 Å². The molecular formula is C22H24N6O. The predicted octanol–water partition coefficient (Wildman–Crippen LogP) is 2.92. The zero-order valence-electron chi connectivity index (χ0n) is 16.6. The number of carbonyl (C=O) groups excluding carboxylic acids is 1. The molecule has 1 aliphatic carbocycles. The lowest BCUT2D eigenvalue weighted by Crippen LogP contribution is -2.31. The number of hydrogen-bond acceptors (Lipinski definition) is 6. The summed E-state index contributed by atoms with van der Waals surface area (Å²) in [5, 5.41) is 3.10. The molecule has 1 N–H and O–H groups in total. The van der Waals surface area contributed by atoms with Crippen LogP contribution < -0.4 is 10.2 Å². The molecule has 7 heteroatoms. The molecule has 1 atom stereocenters. The Hall–Kier alpha value is -3.35. The molecule has 0 spiro atoms. The summed E-state index contributed by atoms with van der Waals surface area (Å²) in [4.78, 5) is 32.3. The summed E-state index contributed by atoms with van der Waals surface area (Å²) in [5.74, 6) is 2.00. The molecular weight excluding hydrogens is 364 g/mol. The van der Waals surface area contributed by atoms with Gasteiger partial charge < -0.3 is 10.2 Å². The Balaban J connectivity index is 1.63. The molecule has 1 saturated carbocycles. The number of benzene rings is 1. The van der Waals surface area contributed by atoms with Crippen LogP contribution in [-0.4, -0.2) is 39.9 Å². The second kappa shape index (κ2) is 8.34. The third-order valence-electron chi connectivity index (χ3n) is 4.90. The number of nitrogens with zero attached hydrogens (tertiary/aromatic N) is 5. The molecule has 1 amide bonds. The molecule has 0 unspecified atom stereocenters. The van der Waals surface area contributed by atoms with E-state index in [2.05, 4.69) is 15.3 Å². The molecule has 4 rings (SSSR count). The third kappa shape index (κ3) is 4.74. The van der Waals surface area contributed by atoms with Crippen LogP contribution in [0.4, 0.5) is 5.82 Å². The minimum absolute atomic E-state index is 0.234. The van der Waals surface area contributed by atoms with Crippen LogP contribution in [0.3, 0.4) is 0 Å². The van der Waals surface area contributed by atoms with Gasteiger partial charge in [0.1, 0.15) is 17.3 Å². The number of anilines is 1. The highest BCUT2D eigenvalue weighted by molar-refractivity contribution is 5.92. The molecule has 0 aliphatic heterocycles. The van der Waals surface area contributed by atoms with Crippen LogP contribution in [0.25, 0.3) is 0 Å². The first-order valence-electron chi connectivity index (χ1n) is 9.77. The van der Waals surface area contributed by atoms with Gasteiger partial charge in [0, 0.05) is 50.6 Å². The van der Waals surface area contributed by atoms with E-state index in [9.17, 15) is 4.79 Å². The van der Waals surface area contributed by atoms with Crippen LogP contribution >= 0.6 is 0 Å². The van der Waals surface area contributed by atoms with Crippen molar-refractivity contribution in [3.63, 3.8) is 0 Å². The lowest BCUT2D eigenvalue weighted by molar-refractivity contribution is 0.0931. The average Bonchev–Trinajstić information content (AvgIpc) is 3.60. The molecule has 3 aromatic rings. The second-order valence-electron chi connectivity index (χ2n) is 7.48. The SMILES string of the molecule is CN(C)c1cc(C[C@H](NC(=O)c2cnccn2)c2ccccc2)nc(C2CC2)n1. The molecule has 0 saturated heterocycles. The van der Waals surface area contributed by atoms with Crippen molar-refractivity contribution in [1.82, 2.24) is 25.3 Å². The number of amides is 1. The van der Waals surface area contributed by atoms with Crippen molar-refractivity contribution in [2.24, 2.45) is 0 Å². The largest absolute Gasteiger partial charge is 0.363 e. The van der Waals surface area contributed by atoms with E-state index in [1.807, 2.05) is 55.4 Å². The van der Waals surface area contributed by atoms with E-state index in [4.69, 9.17) is 9.97 Å². The van der Waals surface area contributed by atoms with Crippen molar-refractivity contribution in [3.05, 3.63) is 77.8 Å². The van der Waals surface area contributed by atoms with Crippen LogP contribution in [0.5, 0.6) is 0 Å². The highest BCUT2D eigenvalue weighted by atomic mass is 16.1. The molecule has 148 valence electrons. The van der Waals surface area contributed by atoms with E-state index in [-0.39, 0.29) is 11.9 Å². The Bertz CT molecular complexity index is 953. The van der Waals surface area contributed by atoms with Gasteiger partial charge in [-0.15, -0.1) is 0 Å². The standard InChI is InChI=1S/C22H24N6O/c1-28(2)20-13-17(25-21(27-20)16-8-9-16)12-18(15-6-4-3-5-7-15)26-22(29)19-14-23-10-11-24-19/h3-7,10-11,13-14,16,18H,8-9,12H2,1-2H3,(H,26,29)/t18-/m0/s1. The van der Waals surface area contributed by atoms with Crippen LogP contribution in [0.15, 0.2) is 55.0 Å². The van der Waals surface area contributed by atoms with Crippen molar-refractivity contribution in [3.8, 4) is 0 Å². The maximum Gasteiger partial charge on any atom is 0.271 e. The molecule has 1 aromatic carbocycles. The number of hydrogen-bond donors (Lipinski definition) is 1. The lowest BCUT2D eigenvalue weighted by Gasteiger charge is -2.20. The third-order valence-corrected chi connectivity index (χ3v) is 4.90. The van der Waals surface area contributed by atoms with Gasteiger partial charge in [0.05, 0.1) is 12.2 Å². The van der Waals surface area contributed by atoms with Crippen LogP contribution in [0, 0.1) is 0 Å². The van der Waals surface area contributed by atoms with E-state index in [1.165, 1.54) is 12.4 Å². The van der Waals surface area contributed by atoms with Gasteiger partial charge in [-0.2, -0.15) is 0 Å². The fourth-order valence-electron chi connectivity index (χ4n) is 3.16. The zero-order chi connectivity index (χ0) is 20.2. The van der Waals surface area contributed by atoms with E-state index in [0.29, 0.717) is 18.0 Å². The van der Waals surface area contributed by atoms with Gasteiger partial charge in [0.2, 0.25) is 0 Å². The van der Waals surface area contributed by atoms with Gasteiger partial charge in [-0.1, -0.05) is 30.3 Å². The summed E-state index contributed by atoms with van der Waals surface area (Å²) >= 11 is 0. The van der Waals surface area contributed by atoms with Crippen LogP contribution in [-0.2, 0) is 6.42 Å². The van der Waals surface area contributed by atoms with Crippen molar-refractivity contribution < 1.29 is 4.79 Å². The van der Waals surface area contributed by atoms with E-state index >= 15 is 0 Å². The zero-order valence-corrected chi connectivity index (χ0v) is 16.6. The number of nitrogens with one attached hydrogen (secondary N) is 1. The van der Waals surface area contributed by atoms with Crippen LogP contribution in [0.1, 0.15) is 52.4 Å². The van der Waals surface area contributed by atoms with Crippen molar-refractivity contribution in [1.29, 1.82) is 0 Å². The van der Waals surface area contributed by atoms with E-state index < -0.39 is 0 Å². The van der Waals surface area contributed by atoms with Crippen molar-refractivity contribution in [2.75, 3.05) is 19.0 Å². The molecule has 0 radical (unpaired) electrons. The minimum atomic E-state index is -0.253. The van der Waals surface area contributed by atoms with Gasteiger partial charge in [-0.3, -0.25) is 9.78 Å². The summed E-state index contributed by atoms with van der Waals surface area (Å²) in [5.41, 5.74) is 2.23. The second-order valence-corrected chi connectivity index (χ2v) is 7.48. The van der Waals surface area contributed by atoms with Gasteiger partial charge in [0.25, 0.3) is 5.91 Å². The number of rotatable bonds is 7. The summed E-state index contributed by atoms with van der Waals surface area (Å²) < 4.78 is 0. The molecule has 7 nitrogen and oxygen atoms in total. The molecule has 1 fully saturated rings. The maximum absolute atomic E-state index is 12.7. The number of carbonyl (C=O) groups is 1. The first-order valence-corrected chi connectivity index (χ1v) is 9.77. The Morgan fingerprint density at radius 2 is 1.97 bits per heavy atom. The Morgan fingerprint density at radius 1 is 1.17 bits per heavy atom. The van der Waals surface area contributed by atoms with Crippen molar-refractivity contribution in [2.45, 2.75) is 31.2 Å². The topological polar surface area (TPSA) is 83.9 Å². The smallest absolute Gasteiger partial charge is 0.271 e. The van der Waals surface area contributed by atoms with E-state index in [0.717, 1.165) is 35.7 Å². The summed E-state index contributed by atoms with van der Waals surface area (Å²) in [6, 6.07) is 11.7. The highest BCUT2D eigenvalue weighted by Crippen LogP contribution is 2.38. The molecule has 2 heterocycles. The minimum Gasteiger partial charge on any atom is -0.363 e. The fourth-order valence-corrected chi connectivity index (χ4v) is 3.16.